The Bertz CT molecular complexity index is 318. The Morgan fingerprint density at radius 1 is 1.00 bits per heavy atom. The van der Waals surface area contributed by atoms with Crippen molar-refractivity contribution in [3.8, 4) is 5.75 Å². The summed E-state index contributed by atoms with van der Waals surface area (Å²) in [5, 5.41) is 12.8. The third kappa shape index (κ3) is 5.73. The summed E-state index contributed by atoms with van der Waals surface area (Å²) < 4.78 is 0. The van der Waals surface area contributed by atoms with Crippen LogP contribution in [-0.4, -0.2) is 17.2 Å². The molecule has 0 heterocycles. The lowest BCUT2D eigenvalue weighted by Crippen LogP contribution is -2.36. The normalized spacial score (nSPS) is 14.9. The molecule has 1 aromatic carbocycles. The largest absolute Gasteiger partial charge is 0.508 e. The minimum absolute atomic E-state index is 0.336. The molecule has 0 bridgehead atoms. The number of phenols is 1. The van der Waals surface area contributed by atoms with Gasteiger partial charge in [0.1, 0.15) is 5.75 Å². The highest BCUT2D eigenvalue weighted by Gasteiger charge is 2.09. The average Bonchev–Trinajstić information content (AvgIpc) is 2.19. The van der Waals surface area contributed by atoms with Crippen molar-refractivity contribution < 1.29 is 5.11 Å². The second-order valence-corrected chi connectivity index (χ2v) is 5.47. The third-order valence-corrected chi connectivity index (χ3v) is 2.87. The molecule has 1 aromatic rings. The second-order valence-electron chi connectivity index (χ2n) is 5.47. The van der Waals surface area contributed by atoms with Crippen molar-refractivity contribution in [1.82, 2.24) is 5.32 Å². The third-order valence-electron chi connectivity index (χ3n) is 2.87. The van der Waals surface area contributed by atoms with E-state index in [1.165, 1.54) is 12.0 Å². The quantitative estimate of drug-likeness (QED) is 0.792. The van der Waals surface area contributed by atoms with Gasteiger partial charge in [0.25, 0.3) is 0 Å². The Hall–Kier alpha value is -1.02. The molecule has 17 heavy (non-hydrogen) atoms. The van der Waals surface area contributed by atoms with Crippen molar-refractivity contribution in [2.45, 2.75) is 52.6 Å². The van der Waals surface area contributed by atoms with Crippen molar-refractivity contribution in [2.24, 2.45) is 5.92 Å². The van der Waals surface area contributed by atoms with E-state index in [0.29, 0.717) is 17.8 Å². The first-order chi connectivity index (χ1) is 7.97. The molecule has 0 amide bonds. The highest BCUT2D eigenvalue weighted by atomic mass is 16.3. The minimum atomic E-state index is 0.336. The summed E-state index contributed by atoms with van der Waals surface area (Å²) in [6, 6.07) is 8.50. The molecule has 0 aliphatic carbocycles. The first-order valence-electron chi connectivity index (χ1n) is 6.51. The van der Waals surface area contributed by atoms with Crippen LogP contribution >= 0.6 is 0 Å². The molecule has 96 valence electrons. The molecule has 0 fully saturated rings. The Balaban J connectivity index is 2.38. The Kier molecular flexibility index (Phi) is 5.49. The average molecular weight is 235 g/mol. The van der Waals surface area contributed by atoms with Gasteiger partial charge in [-0.3, -0.25) is 0 Å². The van der Waals surface area contributed by atoms with Gasteiger partial charge in [-0.25, -0.2) is 0 Å². The molecule has 0 aromatic heterocycles. The van der Waals surface area contributed by atoms with E-state index in [9.17, 15) is 5.11 Å². The lowest BCUT2D eigenvalue weighted by Gasteiger charge is -2.21. The molecule has 2 nitrogen and oxygen atoms in total. The number of benzene rings is 1. The molecule has 0 radical (unpaired) electrons. The highest BCUT2D eigenvalue weighted by molar-refractivity contribution is 5.26. The van der Waals surface area contributed by atoms with E-state index in [4.69, 9.17) is 0 Å². The van der Waals surface area contributed by atoms with Crippen molar-refractivity contribution in [3.05, 3.63) is 29.8 Å². The highest BCUT2D eigenvalue weighted by Crippen LogP contribution is 2.12. The maximum Gasteiger partial charge on any atom is 0.115 e. The number of nitrogens with one attached hydrogen (secondary N) is 1. The summed E-state index contributed by atoms with van der Waals surface area (Å²) in [5.41, 5.74) is 1.26. The van der Waals surface area contributed by atoms with Gasteiger partial charge in [0.2, 0.25) is 0 Å². The molecule has 0 spiro atoms. The fourth-order valence-electron chi connectivity index (χ4n) is 2.31. The van der Waals surface area contributed by atoms with E-state index in [1.807, 2.05) is 12.1 Å². The molecular formula is C15H25NO. The van der Waals surface area contributed by atoms with Gasteiger partial charge in [-0.05, 0) is 50.3 Å². The molecule has 0 saturated carbocycles. The molecule has 0 aliphatic heterocycles. The fourth-order valence-corrected chi connectivity index (χ4v) is 2.31. The van der Waals surface area contributed by atoms with E-state index < -0.39 is 0 Å². The first kappa shape index (κ1) is 14.0. The van der Waals surface area contributed by atoms with Gasteiger partial charge in [-0.2, -0.15) is 0 Å². The summed E-state index contributed by atoms with van der Waals surface area (Å²) in [6.07, 6.45) is 2.21. The van der Waals surface area contributed by atoms with Crippen LogP contribution in [0, 0.1) is 5.92 Å². The van der Waals surface area contributed by atoms with Crippen LogP contribution in [0.4, 0.5) is 0 Å². The van der Waals surface area contributed by atoms with Crippen LogP contribution in [0.25, 0.3) is 0 Å². The summed E-state index contributed by atoms with van der Waals surface area (Å²) >= 11 is 0. The predicted octanol–water partition coefficient (Wildman–Crippen LogP) is 3.35. The van der Waals surface area contributed by atoms with Crippen LogP contribution < -0.4 is 5.32 Å². The Morgan fingerprint density at radius 2 is 1.59 bits per heavy atom. The first-order valence-corrected chi connectivity index (χ1v) is 6.51. The molecular weight excluding hydrogens is 210 g/mol. The van der Waals surface area contributed by atoms with Gasteiger partial charge in [0.15, 0.2) is 0 Å². The molecule has 2 unspecified atom stereocenters. The van der Waals surface area contributed by atoms with Crippen LogP contribution in [0.15, 0.2) is 24.3 Å². The van der Waals surface area contributed by atoms with E-state index in [2.05, 4.69) is 33.0 Å². The molecule has 2 heteroatoms. The van der Waals surface area contributed by atoms with Crippen LogP contribution in [0.3, 0.4) is 0 Å². The zero-order valence-corrected chi connectivity index (χ0v) is 11.4. The van der Waals surface area contributed by atoms with Gasteiger partial charge in [0.05, 0.1) is 0 Å². The van der Waals surface area contributed by atoms with Gasteiger partial charge >= 0.3 is 0 Å². The zero-order chi connectivity index (χ0) is 12.8. The standard InChI is InChI=1S/C15H25NO/c1-11(2)9-12(3)16-13(4)10-14-5-7-15(17)8-6-14/h5-8,11-13,16-17H,9-10H2,1-4H3. The number of hydrogen-bond acceptors (Lipinski definition) is 2. The smallest absolute Gasteiger partial charge is 0.115 e. The lowest BCUT2D eigenvalue weighted by molar-refractivity contribution is 0.400. The van der Waals surface area contributed by atoms with Crippen LogP contribution in [0.1, 0.15) is 39.7 Å². The summed E-state index contributed by atoms with van der Waals surface area (Å²) in [7, 11) is 0. The summed E-state index contributed by atoms with van der Waals surface area (Å²) in [5.74, 6) is 1.07. The number of phenolic OH excluding ortho intramolecular Hbond substituents is 1. The molecule has 2 atom stereocenters. The minimum Gasteiger partial charge on any atom is -0.508 e. The summed E-state index contributed by atoms with van der Waals surface area (Å²) in [4.78, 5) is 0. The maximum absolute atomic E-state index is 9.22. The van der Waals surface area contributed by atoms with Gasteiger partial charge in [0, 0.05) is 12.1 Å². The summed E-state index contributed by atoms with van der Waals surface area (Å²) in [6.45, 7) is 8.96. The van der Waals surface area contributed by atoms with Crippen molar-refractivity contribution in [3.63, 3.8) is 0 Å². The van der Waals surface area contributed by atoms with E-state index >= 15 is 0 Å². The second kappa shape index (κ2) is 6.65. The SMILES string of the molecule is CC(C)CC(C)NC(C)Cc1ccc(O)cc1. The predicted molar refractivity (Wildman–Crippen MR) is 73.3 cm³/mol. The number of aromatic hydroxyl groups is 1. The topological polar surface area (TPSA) is 32.3 Å². The monoisotopic (exact) mass is 235 g/mol. The van der Waals surface area contributed by atoms with Crippen LogP contribution in [0.2, 0.25) is 0 Å². The van der Waals surface area contributed by atoms with Gasteiger partial charge < -0.3 is 10.4 Å². The number of rotatable bonds is 6. The lowest BCUT2D eigenvalue weighted by atomic mass is 10.0. The Morgan fingerprint density at radius 3 is 2.12 bits per heavy atom. The van der Waals surface area contributed by atoms with E-state index in [0.717, 1.165) is 12.3 Å². The zero-order valence-electron chi connectivity index (χ0n) is 11.4. The Labute approximate surface area is 105 Å². The van der Waals surface area contributed by atoms with E-state index in [1.54, 1.807) is 12.1 Å². The molecule has 0 saturated heterocycles. The molecule has 0 aliphatic rings. The fraction of sp³-hybridized carbons (Fsp3) is 0.600. The van der Waals surface area contributed by atoms with Crippen molar-refractivity contribution >= 4 is 0 Å². The van der Waals surface area contributed by atoms with Crippen molar-refractivity contribution in [1.29, 1.82) is 0 Å². The molecule has 1 rings (SSSR count). The van der Waals surface area contributed by atoms with Crippen molar-refractivity contribution in [2.75, 3.05) is 0 Å². The van der Waals surface area contributed by atoms with Crippen LogP contribution in [0.5, 0.6) is 5.75 Å². The van der Waals surface area contributed by atoms with Gasteiger partial charge in [-0.1, -0.05) is 26.0 Å². The van der Waals surface area contributed by atoms with Crippen LogP contribution in [-0.2, 0) is 6.42 Å². The van der Waals surface area contributed by atoms with Gasteiger partial charge in [-0.15, -0.1) is 0 Å². The molecule has 2 N–H and O–H groups in total. The maximum atomic E-state index is 9.22. The number of hydrogen-bond donors (Lipinski definition) is 2. The van der Waals surface area contributed by atoms with E-state index in [-0.39, 0.29) is 0 Å².